The van der Waals surface area contributed by atoms with Crippen LogP contribution in [0.25, 0.3) is 0 Å². The monoisotopic (exact) mass is 424 g/mol. The van der Waals surface area contributed by atoms with Crippen molar-refractivity contribution in [2.75, 3.05) is 0 Å². The minimum absolute atomic E-state index is 0.171. The first-order valence-corrected chi connectivity index (χ1v) is 11.1. The molecule has 1 saturated heterocycles. The van der Waals surface area contributed by atoms with E-state index in [-0.39, 0.29) is 17.0 Å². The number of carbonyl (C=O) groups is 3. The van der Waals surface area contributed by atoms with Gasteiger partial charge in [-0.3, -0.25) is 9.59 Å². The molecule has 1 N–H and O–H groups in total. The van der Waals surface area contributed by atoms with Crippen molar-refractivity contribution in [2.24, 2.45) is 11.3 Å². The predicted octanol–water partition coefficient (Wildman–Crippen LogP) is 5.44. The summed E-state index contributed by atoms with van der Waals surface area (Å²) in [7, 11) is 0. The molecule has 6 nitrogen and oxygen atoms in total. The van der Waals surface area contributed by atoms with Crippen LogP contribution in [0.15, 0.2) is 11.6 Å². The van der Waals surface area contributed by atoms with Crippen molar-refractivity contribution in [3.8, 4) is 0 Å². The highest BCUT2D eigenvalue weighted by atomic mass is 17.2. The lowest BCUT2D eigenvalue weighted by molar-refractivity contribution is -0.411. The Morgan fingerprint density at radius 1 is 1.20 bits per heavy atom. The van der Waals surface area contributed by atoms with Crippen LogP contribution < -0.4 is 0 Å². The van der Waals surface area contributed by atoms with Crippen molar-refractivity contribution in [1.82, 2.24) is 0 Å². The molecule has 1 aliphatic heterocycles. The molecule has 0 bridgehead atoms. The summed E-state index contributed by atoms with van der Waals surface area (Å²) in [5, 5.41) is 9.09. The SMILES string of the molecule is CC(=O)CCCC(C)(C)C(=O)CCC(C)=CCC[C@]1(C)CC[C@H]([C@@H](C)C(=O)O)OO1. The highest BCUT2D eigenvalue weighted by Gasteiger charge is 2.37. The summed E-state index contributed by atoms with van der Waals surface area (Å²) in [5.41, 5.74) is 0.376. The van der Waals surface area contributed by atoms with Crippen LogP contribution in [-0.2, 0) is 24.2 Å². The summed E-state index contributed by atoms with van der Waals surface area (Å²) < 4.78 is 0. The number of ketones is 2. The van der Waals surface area contributed by atoms with Gasteiger partial charge in [0.15, 0.2) is 0 Å². The van der Waals surface area contributed by atoms with Gasteiger partial charge < -0.3 is 9.90 Å². The standard InChI is InChI=1S/C24H40O6/c1-17(11-12-21(26)23(4,5)14-8-10-18(2)25)9-7-15-24(6)16-13-20(29-30-24)19(3)22(27)28/h9,19-20H,7-8,10-16H2,1-6H3,(H,27,28)/t19-,20-,24-/m1/s1. The number of carbonyl (C=O) groups excluding carboxylic acids is 2. The lowest BCUT2D eigenvalue weighted by Crippen LogP contribution is -2.41. The maximum atomic E-state index is 12.6. The molecule has 1 rings (SSSR count). The number of Topliss-reactive ketones (excluding diaryl/α,β-unsaturated/α-hetero) is 2. The van der Waals surface area contributed by atoms with Crippen molar-refractivity contribution < 1.29 is 29.3 Å². The summed E-state index contributed by atoms with van der Waals surface area (Å²) in [5.74, 6) is -1.04. The molecule has 0 radical (unpaired) electrons. The molecule has 0 unspecified atom stereocenters. The molecule has 0 aromatic heterocycles. The van der Waals surface area contributed by atoms with Crippen molar-refractivity contribution in [3.05, 3.63) is 11.6 Å². The zero-order valence-electron chi connectivity index (χ0n) is 19.6. The summed E-state index contributed by atoms with van der Waals surface area (Å²) in [4.78, 5) is 45.7. The summed E-state index contributed by atoms with van der Waals surface area (Å²) in [6.07, 6.45) is 8.06. The molecule has 3 atom stereocenters. The first-order valence-electron chi connectivity index (χ1n) is 11.1. The van der Waals surface area contributed by atoms with Crippen LogP contribution in [0.4, 0.5) is 0 Å². The zero-order chi connectivity index (χ0) is 22.9. The minimum Gasteiger partial charge on any atom is -0.481 e. The smallest absolute Gasteiger partial charge is 0.308 e. The fourth-order valence-electron chi connectivity index (χ4n) is 3.67. The van der Waals surface area contributed by atoms with Gasteiger partial charge in [-0.1, -0.05) is 25.5 Å². The van der Waals surface area contributed by atoms with Crippen molar-refractivity contribution in [1.29, 1.82) is 0 Å². The second kappa shape index (κ2) is 11.8. The Kier molecular flexibility index (Phi) is 10.4. The molecule has 1 heterocycles. The van der Waals surface area contributed by atoms with Crippen molar-refractivity contribution in [2.45, 2.75) is 111 Å². The zero-order valence-corrected chi connectivity index (χ0v) is 19.6. The number of carboxylic acid groups (broad SMARTS) is 1. The maximum absolute atomic E-state index is 12.6. The molecular weight excluding hydrogens is 384 g/mol. The van der Waals surface area contributed by atoms with Gasteiger partial charge >= 0.3 is 5.97 Å². The Labute approximate surface area is 181 Å². The molecule has 30 heavy (non-hydrogen) atoms. The third-order valence-electron chi connectivity index (χ3n) is 6.28. The Morgan fingerprint density at radius 3 is 2.40 bits per heavy atom. The molecule has 0 amide bonds. The molecule has 1 aliphatic rings. The normalized spacial score (nSPS) is 23.8. The largest absolute Gasteiger partial charge is 0.481 e. The van der Waals surface area contributed by atoms with Gasteiger partial charge in [-0.05, 0) is 72.6 Å². The van der Waals surface area contributed by atoms with E-state index < -0.39 is 23.6 Å². The lowest BCUT2D eigenvalue weighted by Gasteiger charge is -2.37. The van der Waals surface area contributed by atoms with Gasteiger partial charge in [0.1, 0.15) is 23.3 Å². The molecular formula is C24H40O6. The van der Waals surface area contributed by atoms with Crippen molar-refractivity contribution >= 4 is 17.5 Å². The van der Waals surface area contributed by atoms with Gasteiger partial charge in [-0.15, -0.1) is 0 Å². The molecule has 0 saturated carbocycles. The van der Waals surface area contributed by atoms with Crippen LogP contribution in [0.5, 0.6) is 0 Å². The van der Waals surface area contributed by atoms with Gasteiger partial charge in [-0.25, -0.2) is 9.78 Å². The average Bonchev–Trinajstić information content (AvgIpc) is 2.65. The Bertz CT molecular complexity index is 626. The van der Waals surface area contributed by atoms with Crippen LogP contribution in [0.2, 0.25) is 0 Å². The van der Waals surface area contributed by atoms with Gasteiger partial charge in [0.25, 0.3) is 0 Å². The van der Waals surface area contributed by atoms with Crippen LogP contribution in [0, 0.1) is 11.3 Å². The first kappa shape index (κ1) is 26.5. The van der Waals surface area contributed by atoms with E-state index in [1.807, 2.05) is 27.7 Å². The van der Waals surface area contributed by atoms with Crippen LogP contribution in [-0.4, -0.2) is 34.3 Å². The Hall–Kier alpha value is -1.53. The van der Waals surface area contributed by atoms with E-state index in [0.29, 0.717) is 19.3 Å². The van der Waals surface area contributed by atoms with Gasteiger partial charge in [0, 0.05) is 18.3 Å². The molecule has 1 fully saturated rings. The highest BCUT2D eigenvalue weighted by Crippen LogP contribution is 2.33. The molecule has 0 aliphatic carbocycles. The number of carboxylic acids is 1. The maximum Gasteiger partial charge on any atom is 0.308 e. The van der Waals surface area contributed by atoms with E-state index in [1.165, 1.54) is 5.57 Å². The average molecular weight is 425 g/mol. The second-order valence-corrected chi connectivity index (χ2v) is 9.79. The number of hydrogen-bond acceptors (Lipinski definition) is 5. The van der Waals surface area contributed by atoms with Crippen LogP contribution in [0.1, 0.15) is 99.3 Å². The Morgan fingerprint density at radius 2 is 1.87 bits per heavy atom. The van der Waals surface area contributed by atoms with E-state index in [9.17, 15) is 14.4 Å². The second-order valence-electron chi connectivity index (χ2n) is 9.79. The van der Waals surface area contributed by atoms with E-state index in [1.54, 1.807) is 13.8 Å². The molecule has 0 spiro atoms. The van der Waals surface area contributed by atoms with Gasteiger partial charge in [-0.2, -0.15) is 0 Å². The van der Waals surface area contributed by atoms with E-state index in [2.05, 4.69) is 6.08 Å². The molecule has 0 aromatic rings. The molecule has 172 valence electrons. The lowest BCUT2D eigenvalue weighted by atomic mass is 9.80. The topological polar surface area (TPSA) is 89.9 Å². The fourth-order valence-corrected chi connectivity index (χ4v) is 3.67. The third kappa shape index (κ3) is 9.09. The first-order chi connectivity index (χ1) is 13.9. The molecule has 6 heteroatoms. The number of hydrogen-bond donors (Lipinski definition) is 1. The third-order valence-corrected chi connectivity index (χ3v) is 6.28. The summed E-state index contributed by atoms with van der Waals surface area (Å²) in [6, 6.07) is 0. The fraction of sp³-hybridized carbons (Fsp3) is 0.792. The van der Waals surface area contributed by atoms with E-state index >= 15 is 0 Å². The summed E-state index contributed by atoms with van der Waals surface area (Å²) >= 11 is 0. The van der Waals surface area contributed by atoms with Gasteiger partial charge in [0.2, 0.25) is 0 Å². The van der Waals surface area contributed by atoms with Crippen molar-refractivity contribution in [3.63, 3.8) is 0 Å². The number of aliphatic carboxylic acids is 1. The van der Waals surface area contributed by atoms with E-state index in [4.69, 9.17) is 14.9 Å². The van der Waals surface area contributed by atoms with Gasteiger partial charge in [0.05, 0.1) is 5.92 Å². The number of allylic oxidation sites excluding steroid dienone is 2. The predicted molar refractivity (Wildman–Crippen MR) is 116 cm³/mol. The quantitative estimate of drug-likeness (QED) is 0.313. The molecule has 0 aromatic carbocycles. The summed E-state index contributed by atoms with van der Waals surface area (Å²) in [6.45, 7) is 11.2. The number of rotatable bonds is 13. The minimum atomic E-state index is -0.873. The van der Waals surface area contributed by atoms with E-state index in [0.717, 1.165) is 38.5 Å². The Balaban J connectivity index is 2.37. The van der Waals surface area contributed by atoms with Crippen LogP contribution in [0.3, 0.4) is 0 Å². The highest BCUT2D eigenvalue weighted by molar-refractivity contribution is 5.84. The van der Waals surface area contributed by atoms with Crippen LogP contribution >= 0.6 is 0 Å².